The number of thiocarbonyl (C=S) groups is 1. The highest BCUT2D eigenvalue weighted by Gasteiger charge is 2.36. The molecule has 0 aliphatic carbocycles. The first kappa shape index (κ1) is 24.3. The quantitative estimate of drug-likeness (QED) is 0.182. The Morgan fingerprint density at radius 3 is 2.87 bits per heavy atom. The lowest BCUT2D eigenvalue weighted by molar-refractivity contribution is -0.000295. The van der Waals surface area contributed by atoms with Crippen molar-refractivity contribution in [1.82, 2.24) is 20.2 Å². The number of aromatic nitrogens is 2. The van der Waals surface area contributed by atoms with Crippen LogP contribution >= 0.6 is 47.0 Å². The lowest BCUT2D eigenvalue weighted by Crippen LogP contribution is -2.44. The number of aromatic amines is 1. The molecule has 2 heterocycles. The average Bonchev–Trinajstić information content (AvgIpc) is 3.04. The molecule has 1 aromatic heterocycles. The normalized spacial score (nSPS) is 20.9. The average molecular weight is 501 g/mol. The molecular weight excluding hydrogens is 485 g/mol. The van der Waals surface area contributed by atoms with E-state index in [1.165, 1.54) is 10.8 Å². The molecule has 1 aliphatic rings. The summed E-state index contributed by atoms with van der Waals surface area (Å²) in [5.41, 5.74) is 7.95. The van der Waals surface area contributed by atoms with Crippen molar-refractivity contribution < 1.29 is 14.3 Å². The van der Waals surface area contributed by atoms with Gasteiger partial charge in [-0.3, -0.25) is 19.7 Å². The summed E-state index contributed by atoms with van der Waals surface area (Å²) in [6, 6.07) is -0.634. The smallest absolute Gasteiger partial charge is 0.413 e. The lowest BCUT2D eigenvalue weighted by Gasteiger charge is -2.18. The maximum Gasteiger partial charge on any atom is 0.413 e. The zero-order chi connectivity index (χ0) is 22.5. The Labute approximate surface area is 189 Å². The van der Waals surface area contributed by atoms with E-state index in [0.717, 1.165) is 0 Å². The molecule has 1 fully saturated rings. The molecule has 30 heavy (non-hydrogen) atoms. The minimum Gasteiger partial charge on any atom is -0.445 e. The molecule has 3 atom stereocenters. The zero-order valence-electron chi connectivity index (χ0n) is 15.3. The van der Waals surface area contributed by atoms with Gasteiger partial charge in [0.15, 0.2) is 5.11 Å². The number of ether oxygens (including phenoxy) is 2. The van der Waals surface area contributed by atoms with Crippen molar-refractivity contribution in [3.63, 3.8) is 0 Å². The van der Waals surface area contributed by atoms with Crippen LogP contribution in [-0.2, 0) is 9.47 Å². The van der Waals surface area contributed by atoms with Gasteiger partial charge >= 0.3 is 11.8 Å². The lowest BCUT2D eigenvalue weighted by atomic mass is 10.1. The Balaban J connectivity index is 1.98. The van der Waals surface area contributed by atoms with Crippen LogP contribution in [0.1, 0.15) is 18.2 Å². The van der Waals surface area contributed by atoms with Gasteiger partial charge in [-0.25, -0.2) is 9.59 Å². The van der Waals surface area contributed by atoms with Crippen LogP contribution in [0.3, 0.4) is 0 Å². The second-order valence-electron chi connectivity index (χ2n) is 6.14. The number of azide groups is 1. The highest BCUT2D eigenvalue weighted by atomic mass is 35.6. The van der Waals surface area contributed by atoms with Crippen LogP contribution in [0.5, 0.6) is 0 Å². The molecule has 1 amide bonds. The van der Waals surface area contributed by atoms with Crippen molar-refractivity contribution >= 4 is 58.2 Å². The van der Waals surface area contributed by atoms with Gasteiger partial charge in [-0.15, -0.1) is 0 Å². The first-order chi connectivity index (χ1) is 14.0. The number of alkyl halides is 3. The van der Waals surface area contributed by atoms with Crippen LogP contribution in [0, 0.1) is 6.92 Å². The van der Waals surface area contributed by atoms with Gasteiger partial charge in [-0.1, -0.05) is 39.9 Å². The molecule has 3 N–H and O–H groups in total. The first-order valence-corrected chi connectivity index (χ1v) is 9.84. The number of rotatable bonds is 5. The Morgan fingerprint density at radius 2 is 2.23 bits per heavy atom. The molecule has 0 bridgehead atoms. The molecule has 1 saturated heterocycles. The van der Waals surface area contributed by atoms with Crippen molar-refractivity contribution in [2.45, 2.75) is 35.5 Å². The van der Waals surface area contributed by atoms with Gasteiger partial charge in [0.25, 0.3) is 5.56 Å². The van der Waals surface area contributed by atoms with Crippen molar-refractivity contribution in [1.29, 1.82) is 0 Å². The molecule has 164 valence electrons. The van der Waals surface area contributed by atoms with Gasteiger partial charge in [-0.05, 0) is 24.7 Å². The molecule has 0 spiro atoms. The number of carbonyl (C=O) groups excluding carboxylic acids is 1. The summed E-state index contributed by atoms with van der Waals surface area (Å²) < 4.78 is 9.92. The van der Waals surface area contributed by atoms with Crippen LogP contribution in [0.4, 0.5) is 4.79 Å². The Kier molecular flexibility index (Phi) is 8.35. The number of nitrogens with zero attached hydrogens (tertiary/aromatic N) is 4. The predicted octanol–water partition coefficient (Wildman–Crippen LogP) is 1.78. The fraction of sp³-hybridized carbons (Fsp3) is 0.571. The van der Waals surface area contributed by atoms with E-state index in [2.05, 4.69) is 30.4 Å². The fourth-order valence-electron chi connectivity index (χ4n) is 2.57. The number of H-pyrrole nitrogens is 1. The molecular formula is C14H16Cl3N7O5S. The SMILES string of the molecule is Cc1cn([C@H]2C[C@H](N=[N+]=[N-])[C@@H](CNC(=S)NC(=O)OCC(Cl)(Cl)Cl)O2)c(=O)[nH]c1=O. The van der Waals surface area contributed by atoms with E-state index >= 15 is 0 Å². The number of amides is 1. The van der Waals surface area contributed by atoms with Gasteiger partial charge < -0.3 is 14.8 Å². The summed E-state index contributed by atoms with van der Waals surface area (Å²) in [5.74, 6) is 0. The maximum absolute atomic E-state index is 12.1. The third kappa shape index (κ3) is 7.04. The monoisotopic (exact) mass is 499 g/mol. The number of nitrogens with one attached hydrogen (secondary N) is 3. The third-order valence-corrected chi connectivity index (χ3v) is 4.48. The first-order valence-electron chi connectivity index (χ1n) is 8.30. The van der Waals surface area contributed by atoms with E-state index in [0.29, 0.717) is 5.56 Å². The Morgan fingerprint density at radius 1 is 1.53 bits per heavy atom. The zero-order valence-corrected chi connectivity index (χ0v) is 18.4. The molecule has 0 radical (unpaired) electrons. The molecule has 2 rings (SSSR count). The Bertz CT molecular complexity index is 972. The molecule has 0 saturated carbocycles. The van der Waals surface area contributed by atoms with E-state index in [1.807, 2.05) is 0 Å². The summed E-state index contributed by atoms with van der Waals surface area (Å²) in [6.45, 7) is 1.10. The number of hydrogen-bond donors (Lipinski definition) is 3. The number of alkyl carbamates (subject to hydrolysis) is 1. The van der Waals surface area contributed by atoms with E-state index in [1.54, 1.807) is 6.92 Å². The van der Waals surface area contributed by atoms with Gasteiger partial charge in [0.1, 0.15) is 12.8 Å². The second kappa shape index (κ2) is 10.3. The van der Waals surface area contributed by atoms with Crippen LogP contribution in [0.15, 0.2) is 20.9 Å². The molecule has 16 heteroatoms. The van der Waals surface area contributed by atoms with Gasteiger partial charge in [0.2, 0.25) is 3.79 Å². The number of aryl methyl sites for hydroxylation is 1. The minimum atomic E-state index is -1.76. The third-order valence-electron chi connectivity index (χ3n) is 3.91. The summed E-state index contributed by atoms with van der Waals surface area (Å²) in [4.78, 5) is 40.2. The number of hydrogen-bond acceptors (Lipinski definition) is 7. The van der Waals surface area contributed by atoms with Crippen LogP contribution in [0.2, 0.25) is 0 Å². The van der Waals surface area contributed by atoms with Crippen LogP contribution < -0.4 is 21.9 Å². The van der Waals surface area contributed by atoms with Crippen molar-refractivity contribution in [3.05, 3.63) is 43.0 Å². The standard InChI is InChI=1S/C14H16Cl3N7O5S/c1-6-4-24(12(26)20-10(6)25)9-2-7(22-23-18)8(29-9)3-19-11(30)21-13(27)28-5-14(15,16)17/h4,7-9H,2-3,5H2,1H3,(H,20,25,26)(H2,19,21,27,30)/t7-,8+,9+/m0/s1. The van der Waals surface area contributed by atoms with Crippen molar-refractivity contribution in [2.75, 3.05) is 13.2 Å². The predicted molar refractivity (Wildman–Crippen MR) is 113 cm³/mol. The van der Waals surface area contributed by atoms with E-state index in [-0.39, 0.29) is 18.1 Å². The molecule has 0 aromatic carbocycles. The van der Waals surface area contributed by atoms with Crippen LogP contribution in [-0.4, -0.2) is 49.8 Å². The summed E-state index contributed by atoms with van der Waals surface area (Å²) in [7, 11) is 0. The maximum atomic E-state index is 12.1. The van der Waals surface area contributed by atoms with Gasteiger partial charge in [-0.2, -0.15) is 0 Å². The summed E-state index contributed by atoms with van der Waals surface area (Å²) >= 11 is 21.4. The van der Waals surface area contributed by atoms with Gasteiger partial charge in [0.05, 0.1) is 12.1 Å². The van der Waals surface area contributed by atoms with Crippen LogP contribution in [0.25, 0.3) is 10.4 Å². The molecule has 1 aromatic rings. The molecule has 1 aliphatic heterocycles. The largest absolute Gasteiger partial charge is 0.445 e. The van der Waals surface area contributed by atoms with Gasteiger partial charge in [0, 0.05) is 29.6 Å². The molecule has 12 nitrogen and oxygen atoms in total. The summed E-state index contributed by atoms with van der Waals surface area (Å²) in [5, 5.41) is 8.50. The fourth-order valence-corrected chi connectivity index (χ4v) is 2.90. The highest BCUT2D eigenvalue weighted by Crippen LogP contribution is 2.30. The van der Waals surface area contributed by atoms with Crippen molar-refractivity contribution in [3.8, 4) is 0 Å². The number of carbonyl (C=O) groups is 1. The Hall–Kier alpha value is -2.02. The number of halogens is 3. The highest BCUT2D eigenvalue weighted by molar-refractivity contribution is 7.80. The second-order valence-corrected chi connectivity index (χ2v) is 9.07. The topological polar surface area (TPSA) is 163 Å². The minimum absolute atomic E-state index is 0.0425. The summed E-state index contributed by atoms with van der Waals surface area (Å²) in [6.07, 6.45) is -0.839. The van der Waals surface area contributed by atoms with E-state index in [4.69, 9.17) is 57.3 Å². The molecule has 0 unspecified atom stereocenters. The van der Waals surface area contributed by atoms with E-state index < -0.39 is 46.1 Å². The van der Waals surface area contributed by atoms with Crippen molar-refractivity contribution in [2.24, 2.45) is 5.11 Å². The van der Waals surface area contributed by atoms with E-state index in [9.17, 15) is 14.4 Å².